The molecular weight excluding hydrogens is 458 g/mol. The Balaban J connectivity index is 1.71. The monoisotopic (exact) mass is 481 g/mol. The summed E-state index contributed by atoms with van der Waals surface area (Å²) in [6.07, 6.45) is 3.30. The van der Waals surface area contributed by atoms with Crippen molar-refractivity contribution in [3.05, 3.63) is 77.6 Å². The van der Waals surface area contributed by atoms with Crippen LogP contribution >= 0.6 is 11.3 Å². The molecule has 0 spiro atoms. The lowest BCUT2D eigenvalue weighted by Gasteiger charge is -2.20. The Morgan fingerprint density at radius 2 is 1.79 bits per heavy atom. The quantitative estimate of drug-likeness (QED) is 0.390. The number of fused-ring (bicyclic) bond motifs is 1. The van der Waals surface area contributed by atoms with E-state index >= 15 is 0 Å². The highest BCUT2D eigenvalue weighted by Crippen LogP contribution is 2.34. The number of methoxy groups -OCH3 is 1. The first-order chi connectivity index (χ1) is 15.8. The van der Waals surface area contributed by atoms with Gasteiger partial charge in [0.2, 0.25) is 5.91 Å². The van der Waals surface area contributed by atoms with E-state index in [4.69, 9.17) is 9.72 Å². The number of hydrogen-bond acceptors (Lipinski definition) is 7. The Morgan fingerprint density at radius 3 is 2.42 bits per heavy atom. The number of amides is 1. The molecule has 4 aromatic rings. The highest BCUT2D eigenvalue weighted by molar-refractivity contribution is 7.92. The van der Waals surface area contributed by atoms with Gasteiger partial charge in [0.15, 0.2) is 15.0 Å². The Kier molecular flexibility index (Phi) is 6.44. The van der Waals surface area contributed by atoms with Crippen LogP contribution in [0.2, 0.25) is 0 Å². The van der Waals surface area contributed by atoms with E-state index in [-0.39, 0.29) is 11.4 Å². The van der Waals surface area contributed by atoms with Crippen molar-refractivity contribution >= 4 is 42.4 Å². The molecule has 0 saturated carbocycles. The number of nitrogens with zero attached hydrogens (tertiary/aromatic N) is 3. The number of sulfone groups is 1. The first-order valence-corrected chi connectivity index (χ1v) is 12.7. The number of carbonyl (C=O) groups excluding carboxylic acids is 1. The third-order valence-electron chi connectivity index (χ3n) is 5.26. The summed E-state index contributed by atoms with van der Waals surface area (Å²) in [5.41, 5.74) is 3.65. The smallest absolute Gasteiger partial charge is 0.244 e. The van der Waals surface area contributed by atoms with Crippen molar-refractivity contribution in [2.75, 3.05) is 17.8 Å². The van der Waals surface area contributed by atoms with Crippen molar-refractivity contribution in [1.29, 1.82) is 0 Å². The number of carbonyl (C=O) groups is 1. The summed E-state index contributed by atoms with van der Waals surface area (Å²) in [5.74, 6) is -0.684. The molecule has 0 saturated heterocycles. The highest BCUT2D eigenvalue weighted by atomic mass is 32.2. The van der Waals surface area contributed by atoms with E-state index in [2.05, 4.69) is 4.98 Å². The molecule has 1 amide bonds. The lowest BCUT2D eigenvalue weighted by molar-refractivity contribution is -0.116. The van der Waals surface area contributed by atoms with Crippen LogP contribution in [0.25, 0.3) is 10.2 Å². The van der Waals surface area contributed by atoms with Crippen LogP contribution in [0.5, 0.6) is 5.75 Å². The lowest BCUT2D eigenvalue weighted by Crippen LogP contribution is -2.35. The summed E-state index contributed by atoms with van der Waals surface area (Å²) in [6.45, 7) is 4.13. The number of hydrogen-bond donors (Lipinski definition) is 0. The van der Waals surface area contributed by atoms with Crippen LogP contribution < -0.4 is 9.64 Å². The van der Waals surface area contributed by atoms with Crippen LogP contribution in [-0.4, -0.2) is 37.2 Å². The summed E-state index contributed by atoms with van der Waals surface area (Å²) in [6, 6.07) is 13.6. The Bertz CT molecular complexity index is 1360. The van der Waals surface area contributed by atoms with E-state index in [1.807, 2.05) is 32.0 Å². The van der Waals surface area contributed by atoms with Gasteiger partial charge in [-0.1, -0.05) is 29.5 Å². The van der Waals surface area contributed by atoms with E-state index in [1.54, 1.807) is 30.6 Å². The van der Waals surface area contributed by atoms with Crippen LogP contribution in [-0.2, 0) is 21.2 Å². The third kappa shape index (κ3) is 4.89. The molecule has 9 heteroatoms. The number of rotatable bonds is 7. The van der Waals surface area contributed by atoms with Crippen molar-refractivity contribution in [3.63, 3.8) is 0 Å². The van der Waals surface area contributed by atoms with Crippen molar-refractivity contribution in [2.24, 2.45) is 0 Å². The molecule has 0 N–H and O–H groups in total. The molecule has 0 aliphatic rings. The lowest BCUT2D eigenvalue weighted by atomic mass is 10.1. The van der Waals surface area contributed by atoms with E-state index in [0.29, 0.717) is 10.9 Å². The van der Waals surface area contributed by atoms with Gasteiger partial charge in [-0.2, -0.15) is 0 Å². The van der Waals surface area contributed by atoms with Gasteiger partial charge in [-0.05, 0) is 60.9 Å². The Hall–Kier alpha value is -3.30. The minimum Gasteiger partial charge on any atom is -0.497 e. The minimum absolute atomic E-state index is 0.0639. The normalized spacial score (nSPS) is 11.5. The van der Waals surface area contributed by atoms with E-state index < -0.39 is 21.5 Å². The maximum atomic E-state index is 13.4. The topological polar surface area (TPSA) is 89.5 Å². The summed E-state index contributed by atoms with van der Waals surface area (Å²) in [7, 11) is -2.36. The van der Waals surface area contributed by atoms with Crippen LogP contribution in [0, 0.1) is 13.8 Å². The molecule has 2 aromatic carbocycles. The van der Waals surface area contributed by atoms with E-state index in [9.17, 15) is 13.2 Å². The van der Waals surface area contributed by atoms with Gasteiger partial charge in [0.25, 0.3) is 0 Å². The molecule has 0 aliphatic carbocycles. The third-order valence-corrected chi connectivity index (χ3v) is 8.09. The average Bonchev–Trinajstić information content (AvgIpc) is 3.27. The molecule has 2 aromatic heterocycles. The largest absolute Gasteiger partial charge is 0.497 e. The molecule has 0 atom stereocenters. The maximum absolute atomic E-state index is 13.4. The fraction of sp³-hybridized carbons (Fsp3) is 0.208. The molecule has 33 heavy (non-hydrogen) atoms. The molecular formula is C24H23N3O4S2. The van der Waals surface area contributed by atoms with Gasteiger partial charge in [0, 0.05) is 12.4 Å². The van der Waals surface area contributed by atoms with E-state index in [0.717, 1.165) is 26.9 Å². The fourth-order valence-electron chi connectivity index (χ4n) is 3.41. The Morgan fingerprint density at radius 1 is 1.06 bits per heavy atom. The van der Waals surface area contributed by atoms with Gasteiger partial charge in [0.1, 0.15) is 11.5 Å². The molecule has 170 valence electrons. The van der Waals surface area contributed by atoms with Crippen molar-refractivity contribution in [3.8, 4) is 5.75 Å². The zero-order valence-corrected chi connectivity index (χ0v) is 20.1. The summed E-state index contributed by atoms with van der Waals surface area (Å²) in [5, 5.41) is 0.459. The zero-order valence-electron chi connectivity index (χ0n) is 18.5. The average molecular weight is 482 g/mol. The van der Waals surface area contributed by atoms with Gasteiger partial charge < -0.3 is 4.74 Å². The maximum Gasteiger partial charge on any atom is 0.244 e. The van der Waals surface area contributed by atoms with Crippen LogP contribution in [0.4, 0.5) is 5.13 Å². The van der Waals surface area contributed by atoms with E-state index in [1.165, 1.54) is 35.5 Å². The van der Waals surface area contributed by atoms with Gasteiger partial charge >= 0.3 is 0 Å². The standard InChI is InChI=1S/C24H23N3O4S2/c1-16-6-7-17(2)23-22(16)26-24(32-23)27(14-18-5-4-12-25-13-18)21(28)15-33(29,30)20-10-8-19(31-3)9-11-20/h4-13H,14-15H2,1-3H3. The molecule has 2 heterocycles. The number of aryl methyl sites for hydroxylation is 2. The van der Waals surface area contributed by atoms with Crippen LogP contribution in [0.1, 0.15) is 16.7 Å². The second-order valence-corrected chi connectivity index (χ2v) is 10.6. The number of aromatic nitrogens is 2. The SMILES string of the molecule is COc1ccc(S(=O)(=O)CC(=O)N(Cc2cccnc2)c2nc3c(C)ccc(C)c3s2)cc1. The van der Waals surface area contributed by atoms with Crippen molar-refractivity contribution in [2.45, 2.75) is 25.3 Å². The number of ether oxygens (including phenoxy) is 1. The van der Waals surface area contributed by atoms with Crippen molar-refractivity contribution in [1.82, 2.24) is 9.97 Å². The molecule has 0 bridgehead atoms. The summed E-state index contributed by atoms with van der Waals surface area (Å²) < 4.78 is 32.1. The number of thiazole rings is 1. The number of anilines is 1. The second-order valence-electron chi connectivity index (χ2n) is 7.65. The molecule has 4 rings (SSSR count). The van der Waals surface area contributed by atoms with Crippen LogP contribution in [0.3, 0.4) is 0 Å². The van der Waals surface area contributed by atoms with Crippen molar-refractivity contribution < 1.29 is 17.9 Å². The first-order valence-electron chi connectivity index (χ1n) is 10.2. The number of pyridine rings is 1. The predicted octanol–water partition coefficient (Wildman–Crippen LogP) is 4.32. The zero-order chi connectivity index (χ0) is 23.6. The Labute approximate surface area is 196 Å². The number of benzene rings is 2. The first kappa shape index (κ1) is 22.9. The minimum atomic E-state index is -3.86. The summed E-state index contributed by atoms with van der Waals surface area (Å²) in [4.78, 5) is 23.7. The molecule has 0 fully saturated rings. The van der Waals surface area contributed by atoms with Crippen LogP contribution in [0.15, 0.2) is 65.8 Å². The second kappa shape index (κ2) is 9.29. The van der Waals surface area contributed by atoms with Gasteiger partial charge in [0.05, 0.1) is 28.8 Å². The molecule has 0 unspecified atom stereocenters. The van der Waals surface area contributed by atoms with Gasteiger partial charge in [-0.3, -0.25) is 14.7 Å². The highest BCUT2D eigenvalue weighted by Gasteiger charge is 2.27. The van der Waals surface area contributed by atoms with Gasteiger partial charge in [-0.15, -0.1) is 0 Å². The molecule has 0 radical (unpaired) electrons. The molecule has 7 nitrogen and oxygen atoms in total. The predicted molar refractivity (Wildman–Crippen MR) is 130 cm³/mol. The fourth-order valence-corrected chi connectivity index (χ4v) is 5.73. The summed E-state index contributed by atoms with van der Waals surface area (Å²) >= 11 is 1.38. The molecule has 0 aliphatic heterocycles. The van der Waals surface area contributed by atoms with Gasteiger partial charge in [-0.25, -0.2) is 13.4 Å².